The van der Waals surface area contributed by atoms with E-state index in [0.717, 1.165) is 10.0 Å². The molecule has 0 bridgehead atoms. The van der Waals surface area contributed by atoms with E-state index in [2.05, 4.69) is 21.2 Å². The van der Waals surface area contributed by atoms with E-state index in [4.69, 9.17) is 17.3 Å². The maximum atomic E-state index is 12.1. The minimum absolute atomic E-state index is 0.240. The van der Waals surface area contributed by atoms with Crippen molar-refractivity contribution in [1.82, 2.24) is 0 Å². The van der Waals surface area contributed by atoms with Crippen LogP contribution in [0.5, 0.6) is 0 Å². The molecule has 0 atom stereocenters. The first kappa shape index (κ1) is 13.9. The lowest BCUT2D eigenvalue weighted by Gasteiger charge is -2.09. The Labute approximate surface area is 124 Å². The summed E-state index contributed by atoms with van der Waals surface area (Å²) in [7, 11) is 0. The lowest BCUT2D eigenvalue weighted by atomic mass is 10.1. The molecular weight excluding hydrogens is 328 g/mol. The van der Waals surface area contributed by atoms with Crippen LogP contribution in [0.1, 0.15) is 15.9 Å². The number of nitrogen functional groups attached to an aromatic ring is 1. The minimum atomic E-state index is -0.240. The van der Waals surface area contributed by atoms with Crippen molar-refractivity contribution in [3.8, 4) is 0 Å². The SMILES string of the molecule is Cc1ccc(C(=O)Nc2ccc(Br)cc2Cl)cc1N. The van der Waals surface area contributed by atoms with Crippen molar-refractivity contribution in [1.29, 1.82) is 0 Å². The molecule has 1 amide bonds. The van der Waals surface area contributed by atoms with Crippen molar-refractivity contribution in [2.75, 3.05) is 11.1 Å². The van der Waals surface area contributed by atoms with Crippen molar-refractivity contribution in [2.45, 2.75) is 6.92 Å². The van der Waals surface area contributed by atoms with E-state index in [1.165, 1.54) is 0 Å². The molecule has 0 aromatic heterocycles. The van der Waals surface area contributed by atoms with Crippen molar-refractivity contribution in [3.05, 3.63) is 57.0 Å². The Hall–Kier alpha value is -1.52. The molecule has 2 rings (SSSR count). The summed E-state index contributed by atoms with van der Waals surface area (Å²) < 4.78 is 0.857. The van der Waals surface area contributed by atoms with Gasteiger partial charge in [0.1, 0.15) is 0 Å². The fourth-order valence-electron chi connectivity index (χ4n) is 1.57. The molecule has 2 aromatic rings. The normalized spacial score (nSPS) is 10.3. The summed E-state index contributed by atoms with van der Waals surface area (Å²) in [6.07, 6.45) is 0. The number of hydrogen-bond donors (Lipinski definition) is 2. The molecule has 19 heavy (non-hydrogen) atoms. The molecule has 0 aliphatic heterocycles. The lowest BCUT2D eigenvalue weighted by Crippen LogP contribution is -2.12. The second kappa shape index (κ2) is 5.63. The Kier molecular flexibility index (Phi) is 4.12. The molecule has 5 heteroatoms. The molecule has 0 fully saturated rings. The highest BCUT2D eigenvalue weighted by Crippen LogP contribution is 2.26. The van der Waals surface area contributed by atoms with Crippen LogP contribution in [0.4, 0.5) is 11.4 Å². The molecule has 0 saturated carbocycles. The van der Waals surface area contributed by atoms with Crippen LogP contribution in [0.15, 0.2) is 40.9 Å². The van der Waals surface area contributed by atoms with Crippen LogP contribution in [0.3, 0.4) is 0 Å². The van der Waals surface area contributed by atoms with Crippen molar-refractivity contribution in [3.63, 3.8) is 0 Å². The van der Waals surface area contributed by atoms with E-state index in [-0.39, 0.29) is 5.91 Å². The molecule has 2 aromatic carbocycles. The van der Waals surface area contributed by atoms with Gasteiger partial charge in [0, 0.05) is 15.7 Å². The monoisotopic (exact) mass is 338 g/mol. The summed E-state index contributed by atoms with van der Waals surface area (Å²) >= 11 is 9.36. The molecule has 3 nitrogen and oxygen atoms in total. The second-order valence-corrected chi connectivity index (χ2v) is 5.47. The molecule has 0 aliphatic rings. The number of hydrogen-bond acceptors (Lipinski definition) is 2. The van der Waals surface area contributed by atoms with Gasteiger partial charge in [-0.25, -0.2) is 0 Å². The lowest BCUT2D eigenvalue weighted by molar-refractivity contribution is 0.102. The first-order valence-electron chi connectivity index (χ1n) is 5.60. The van der Waals surface area contributed by atoms with Crippen LogP contribution in [-0.4, -0.2) is 5.91 Å². The van der Waals surface area contributed by atoms with E-state index in [9.17, 15) is 4.79 Å². The Morgan fingerprint density at radius 3 is 2.63 bits per heavy atom. The zero-order valence-electron chi connectivity index (χ0n) is 10.2. The van der Waals surface area contributed by atoms with Gasteiger partial charge in [0.25, 0.3) is 5.91 Å². The van der Waals surface area contributed by atoms with Crippen molar-refractivity contribution in [2.24, 2.45) is 0 Å². The standard InChI is InChI=1S/C14H12BrClN2O/c1-8-2-3-9(6-12(8)17)14(19)18-13-5-4-10(15)7-11(13)16/h2-7H,17H2,1H3,(H,18,19). The van der Waals surface area contributed by atoms with Crippen LogP contribution >= 0.6 is 27.5 Å². The van der Waals surface area contributed by atoms with Gasteiger partial charge in [-0.05, 0) is 42.8 Å². The van der Waals surface area contributed by atoms with E-state index < -0.39 is 0 Å². The number of aryl methyl sites for hydroxylation is 1. The maximum absolute atomic E-state index is 12.1. The van der Waals surface area contributed by atoms with Gasteiger partial charge in [0.05, 0.1) is 10.7 Å². The average molecular weight is 340 g/mol. The number of nitrogens with two attached hydrogens (primary N) is 1. The van der Waals surface area contributed by atoms with Gasteiger partial charge in [-0.2, -0.15) is 0 Å². The third kappa shape index (κ3) is 3.28. The summed E-state index contributed by atoms with van der Waals surface area (Å²) in [5.74, 6) is -0.240. The van der Waals surface area contributed by atoms with Crippen LogP contribution < -0.4 is 11.1 Å². The van der Waals surface area contributed by atoms with Crippen LogP contribution in [0, 0.1) is 6.92 Å². The third-order valence-corrected chi connectivity index (χ3v) is 3.53. The summed E-state index contributed by atoms with van der Waals surface area (Å²) in [5, 5.41) is 3.23. The average Bonchev–Trinajstić information content (AvgIpc) is 2.36. The topological polar surface area (TPSA) is 55.1 Å². The highest BCUT2D eigenvalue weighted by molar-refractivity contribution is 9.10. The fraction of sp³-hybridized carbons (Fsp3) is 0.0714. The summed E-state index contributed by atoms with van der Waals surface area (Å²) in [4.78, 5) is 12.1. The fourth-order valence-corrected chi connectivity index (χ4v) is 2.29. The number of nitrogens with one attached hydrogen (secondary N) is 1. The third-order valence-electron chi connectivity index (χ3n) is 2.72. The maximum Gasteiger partial charge on any atom is 0.255 e. The molecular formula is C14H12BrClN2O. The van der Waals surface area contributed by atoms with Crippen molar-refractivity contribution >= 4 is 44.8 Å². The van der Waals surface area contributed by atoms with Crippen LogP contribution in [-0.2, 0) is 0 Å². The predicted molar refractivity (Wildman–Crippen MR) is 82.7 cm³/mol. The molecule has 98 valence electrons. The first-order valence-corrected chi connectivity index (χ1v) is 6.77. The molecule has 3 N–H and O–H groups in total. The van der Waals surface area contributed by atoms with E-state index in [0.29, 0.717) is 22.0 Å². The summed E-state index contributed by atoms with van der Waals surface area (Å²) in [6, 6.07) is 10.5. The van der Waals surface area contributed by atoms with Gasteiger partial charge in [0.2, 0.25) is 0 Å². The number of carbonyl (C=O) groups is 1. The number of benzene rings is 2. The molecule has 0 saturated heterocycles. The number of rotatable bonds is 2. The zero-order chi connectivity index (χ0) is 14.0. The first-order chi connectivity index (χ1) is 8.97. The Morgan fingerprint density at radius 1 is 1.26 bits per heavy atom. The number of carbonyl (C=O) groups excluding carboxylic acids is 1. The van der Waals surface area contributed by atoms with Gasteiger partial charge in [0.15, 0.2) is 0 Å². The predicted octanol–water partition coefficient (Wildman–Crippen LogP) is 4.25. The molecule has 0 radical (unpaired) electrons. The summed E-state index contributed by atoms with van der Waals surface area (Å²) in [5.41, 5.74) is 8.39. The Morgan fingerprint density at radius 2 is 2.00 bits per heavy atom. The van der Waals surface area contributed by atoms with Crippen molar-refractivity contribution < 1.29 is 4.79 Å². The highest BCUT2D eigenvalue weighted by Gasteiger charge is 2.09. The zero-order valence-corrected chi connectivity index (χ0v) is 12.5. The molecule has 0 spiro atoms. The molecule has 0 unspecified atom stereocenters. The van der Waals surface area contributed by atoms with E-state index >= 15 is 0 Å². The van der Waals surface area contributed by atoms with Crippen LogP contribution in [0.25, 0.3) is 0 Å². The summed E-state index contributed by atoms with van der Waals surface area (Å²) in [6.45, 7) is 1.89. The van der Waals surface area contributed by atoms with Crippen LogP contribution in [0.2, 0.25) is 5.02 Å². The number of halogens is 2. The smallest absolute Gasteiger partial charge is 0.255 e. The highest BCUT2D eigenvalue weighted by atomic mass is 79.9. The van der Waals surface area contributed by atoms with E-state index in [1.807, 2.05) is 19.1 Å². The number of amides is 1. The van der Waals surface area contributed by atoms with Gasteiger partial charge < -0.3 is 11.1 Å². The van der Waals surface area contributed by atoms with Gasteiger partial charge in [-0.1, -0.05) is 33.6 Å². The minimum Gasteiger partial charge on any atom is -0.398 e. The quantitative estimate of drug-likeness (QED) is 0.804. The van der Waals surface area contributed by atoms with Gasteiger partial charge in [-0.15, -0.1) is 0 Å². The molecule has 0 aliphatic carbocycles. The van der Waals surface area contributed by atoms with E-state index in [1.54, 1.807) is 24.3 Å². The Bertz CT molecular complexity index is 643. The molecule has 0 heterocycles. The Balaban J connectivity index is 2.23. The van der Waals surface area contributed by atoms with Gasteiger partial charge in [-0.3, -0.25) is 4.79 Å². The largest absolute Gasteiger partial charge is 0.398 e. The number of anilines is 2. The second-order valence-electron chi connectivity index (χ2n) is 4.15. The van der Waals surface area contributed by atoms with Gasteiger partial charge >= 0.3 is 0 Å².